The quantitative estimate of drug-likeness (QED) is 0.384. The zero-order valence-corrected chi connectivity index (χ0v) is 14.0. The van der Waals surface area contributed by atoms with Gasteiger partial charge in [-0.2, -0.15) is 27.8 Å². The number of aromatic nitrogens is 4. The van der Waals surface area contributed by atoms with Crippen LogP contribution in [0.2, 0.25) is 0 Å². The summed E-state index contributed by atoms with van der Waals surface area (Å²) in [7, 11) is 0. The number of halogens is 3. The Balaban J connectivity index is 1.70. The summed E-state index contributed by atoms with van der Waals surface area (Å²) in [5.41, 5.74) is -1.23. The zero-order chi connectivity index (χ0) is 19.6. The molecule has 0 radical (unpaired) electrons. The van der Waals surface area contributed by atoms with Crippen molar-refractivity contribution in [2.75, 3.05) is 23.7 Å². The fraction of sp³-hybridized carbons (Fsp3) is 0.267. The molecule has 0 fully saturated rings. The van der Waals surface area contributed by atoms with Crippen molar-refractivity contribution in [3.63, 3.8) is 0 Å². The molecule has 2 heterocycles. The number of hydrogen-bond acceptors (Lipinski definition) is 7. The molecule has 2 N–H and O–H groups in total. The van der Waals surface area contributed by atoms with Gasteiger partial charge < -0.3 is 10.6 Å². The lowest BCUT2D eigenvalue weighted by Gasteiger charge is -2.15. The Bertz CT molecular complexity index is 987. The van der Waals surface area contributed by atoms with E-state index in [0.717, 1.165) is 12.1 Å². The first kappa shape index (κ1) is 18.4. The van der Waals surface area contributed by atoms with Gasteiger partial charge in [-0.05, 0) is 13.0 Å². The van der Waals surface area contributed by atoms with Crippen molar-refractivity contribution < 1.29 is 18.1 Å². The summed E-state index contributed by atoms with van der Waals surface area (Å²) in [6, 6.07) is 4.32. The van der Waals surface area contributed by atoms with Crippen LogP contribution in [0.1, 0.15) is 11.3 Å². The van der Waals surface area contributed by atoms with E-state index in [1.54, 1.807) is 13.0 Å². The maximum absolute atomic E-state index is 13.1. The van der Waals surface area contributed by atoms with Crippen molar-refractivity contribution in [2.45, 2.75) is 13.1 Å². The van der Waals surface area contributed by atoms with Crippen LogP contribution >= 0.6 is 0 Å². The summed E-state index contributed by atoms with van der Waals surface area (Å²) in [6.07, 6.45) is -3.37. The summed E-state index contributed by atoms with van der Waals surface area (Å²) < 4.78 is 40.9. The minimum absolute atomic E-state index is 0.137. The fourth-order valence-electron chi connectivity index (χ4n) is 2.48. The largest absolute Gasteiger partial charge is 0.418 e. The van der Waals surface area contributed by atoms with E-state index >= 15 is 0 Å². The van der Waals surface area contributed by atoms with Gasteiger partial charge in [-0.25, -0.2) is 4.98 Å². The Morgan fingerprint density at radius 2 is 1.96 bits per heavy atom. The molecule has 142 valence electrons. The lowest BCUT2D eigenvalue weighted by molar-refractivity contribution is -0.385. The molecule has 9 nitrogen and oxygen atoms in total. The Morgan fingerprint density at radius 1 is 1.22 bits per heavy atom. The SMILES string of the molecule is Cc1cc(NCCNc2ccc([N+](=O)[O-])cc2C(F)(F)F)n2ncnc2n1. The van der Waals surface area contributed by atoms with E-state index < -0.39 is 22.4 Å². The van der Waals surface area contributed by atoms with Crippen LogP contribution in [0.5, 0.6) is 0 Å². The topological polar surface area (TPSA) is 110 Å². The predicted molar refractivity (Wildman–Crippen MR) is 90.6 cm³/mol. The molecule has 1 aromatic carbocycles. The van der Waals surface area contributed by atoms with Gasteiger partial charge in [0.15, 0.2) is 0 Å². The highest BCUT2D eigenvalue weighted by Gasteiger charge is 2.35. The van der Waals surface area contributed by atoms with Crippen LogP contribution in [0, 0.1) is 17.0 Å². The molecular weight excluding hydrogens is 367 g/mol. The Hall–Kier alpha value is -3.44. The number of fused-ring (bicyclic) bond motifs is 1. The molecule has 2 aromatic heterocycles. The highest BCUT2D eigenvalue weighted by molar-refractivity contribution is 5.57. The number of alkyl halides is 3. The summed E-state index contributed by atoms with van der Waals surface area (Å²) in [5, 5.41) is 20.4. The van der Waals surface area contributed by atoms with E-state index in [9.17, 15) is 23.3 Å². The molecule has 0 unspecified atom stereocenters. The number of nitro groups is 1. The molecule has 12 heteroatoms. The number of nitrogens with one attached hydrogen (secondary N) is 2. The van der Waals surface area contributed by atoms with Gasteiger partial charge in [-0.15, -0.1) is 0 Å². The van der Waals surface area contributed by atoms with E-state index in [-0.39, 0.29) is 18.8 Å². The van der Waals surface area contributed by atoms with Crippen LogP contribution in [0.15, 0.2) is 30.6 Å². The molecule has 0 aliphatic rings. The standard InChI is InChI=1S/C15H14F3N7O2/c1-9-6-13(24-14(23-9)21-8-22-24)20-5-4-19-12-3-2-10(25(26)27)7-11(12)15(16,17)18/h2-3,6-8,19-20H,4-5H2,1H3. The van der Waals surface area contributed by atoms with Gasteiger partial charge in [-0.1, -0.05) is 0 Å². The molecule has 0 spiro atoms. The average Bonchev–Trinajstić information content (AvgIpc) is 3.05. The average molecular weight is 381 g/mol. The summed E-state index contributed by atoms with van der Waals surface area (Å²) in [6.45, 7) is 2.19. The third-order valence-electron chi connectivity index (χ3n) is 3.65. The second-order valence-corrected chi connectivity index (χ2v) is 5.59. The van der Waals surface area contributed by atoms with Crippen LogP contribution in [0.3, 0.4) is 0 Å². The third-order valence-corrected chi connectivity index (χ3v) is 3.65. The number of benzene rings is 1. The molecule has 0 amide bonds. The second kappa shape index (κ2) is 7.05. The zero-order valence-electron chi connectivity index (χ0n) is 14.0. The van der Waals surface area contributed by atoms with Crippen LogP contribution in [0.25, 0.3) is 5.78 Å². The molecule has 3 rings (SSSR count). The van der Waals surface area contributed by atoms with Crippen molar-refractivity contribution in [2.24, 2.45) is 0 Å². The van der Waals surface area contributed by atoms with Crippen LogP contribution in [0.4, 0.5) is 30.4 Å². The Kier molecular flexibility index (Phi) is 4.79. The number of rotatable bonds is 6. The molecular formula is C15H14F3N7O2. The predicted octanol–water partition coefficient (Wildman–Crippen LogP) is 2.88. The molecule has 0 saturated heterocycles. The van der Waals surface area contributed by atoms with Crippen molar-refractivity contribution in [3.8, 4) is 0 Å². The van der Waals surface area contributed by atoms with Gasteiger partial charge in [0.1, 0.15) is 12.1 Å². The van der Waals surface area contributed by atoms with Gasteiger partial charge in [0, 0.05) is 42.7 Å². The molecule has 0 aliphatic heterocycles. The molecule has 0 saturated carbocycles. The van der Waals surface area contributed by atoms with Gasteiger partial charge in [-0.3, -0.25) is 10.1 Å². The minimum atomic E-state index is -4.71. The molecule has 27 heavy (non-hydrogen) atoms. The van der Waals surface area contributed by atoms with Crippen LogP contribution in [-0.4, -0.2) is 37.6 Å². The fourth-order valence-corrected chi connectivity index (χ4v) is 2.48. The van der Waals surface area contributed by atoms with E-state index in [2.05, 4.69) is 25.7 Å². The number of hydrogen-bond donors (Lipinski definition) is 2. The van der Waals surface area contributed by atoms with E-state index in [0.29, 0.717) is 23.4 Å². The number of nitrogens with zero attached hydrogens (tertiary/aromatic N) is 5. The first-order valence-electron chi connectivity index (χ1n) is 7.76. The van der Waals surface area contributed by atoms with Gasteiger partial charge in [0.05, 0.1) is 10.5 Å². The number of non-ortho nitro benzene ring substituents is 1. The van der Waals surface area contributed by atoms with Crippen molar-refractivity contribution in [1.29, 1.82) is 0 Å². The Labute approximate surface area is 150 Å². The van der Waals surface area contributed by atoms with Crippen molar-refractivity contribution >= 4 is 23.0 Å². The van der Waals surface area contributed by atoms with E-state index in [4.69, 9.17) is 0 Å². The van der Waals surface area contributed by atoms with Crippen molar-refractivity contribution in [3.05, 3.63) is 52.0 Å². The highest BCUT2D eigenvalue weighted by atomic mass is 19.4. The number of aryl methyl sites for hydroxylation is 1. The minimum Gasteiger partial charge on any atom is -0.383 e. The van der Waals surface area contributed by atoms with Gasteiger partial charge in [0.2, 0.25) is 0 Å². The van der Waals surface area contributed by atoms with Crippen LogP contribution in [-0.2, 0) is 6.18 Å². The molecule has 0 aliphatic carbocycles. The maximum atomic E-state index is 13.1. The Morgan fingerprint density at radius 3 is 2.67 bits per heavy atom. The normalized spacial score (nSPS) is 11.6. The number of anilines is 2. The molecule has 3 aromatic rings. The van der Waals surface area contributed by atoms with E-state index in [1.165, 1.54) is 10.8 Å². The van der Waals surface area contributed by atoms with Crippen LogP contribution < -0.4 is 10.6 Å². The van der Waals surface area contributed by atoms with E-state index in [1.807, 2.05) is 0 Å². The first-order valence-corrected chi connectivity index (χ1v) is 7.76. The van der Waals surface area contributed by atoms with Gasteiger partial charge in [0.25, 0.3) is 11.5 Å². The highest BCUT2D eigenvalue weighted by Crippen LogP contribution is 2.36. The van der Waals surface area contributed by atoms with Crippen molar-refractivity contribution in [1.82, 2.24) is 19.6 Å². The summed E-state index contributed by atoms with van der Waals surface area (Å²) >= 11 is 0. The maximum Gasteiger partial charge on any atom is 0.418 e. The van der Waals surface area contributed by atoms with Gasteiger partial charge >= 0.3 is 6.18 Å². The first-order chi connectivity index (χ1) is 12.8. The lowest BCUT2D eigenvalue weighted by atomic mass is 10.1. The second-order valence-electron chi connectivity index (χ2n) is 5.59. The number of nitro benzene ring substituents is 1. The summed E-state index contributed by atoms with van der Waals surface area (Å²) in [5.74, 6) is 0.997. The monoisotopic (exact) mass is 381 g/mol. The molecule has 0 bridgehead atoms. The lowest BCUT2D eigenvalue weighted by Crippen LogP contribution is -2.18. The molecule has 0 atom stereocenters. The third kappa shape index (κ3) is 4.04. The summed E-state index contributed by atoms with van der Waals surface area (Å²) in [4.78, 5) is 18.0. The smallest absolute Gasteiger partial charge is 0.383 e.